The third-order valence-corrected chi connectivity index (χ3v) is 6.24. The average Bonchev–Trinajstić information content (AvgIpc) is 3.07. The fourth-order valence-electron chi connectivity index (χ4n) is 4.46. The molecule has 1 amide bonds. The van der Waals surface area contributed by atoms with Crippen molar-refractivity contribution in [3.8, 4) is 5.75 Å². The van der Waals surface area contributed by atoms with Crippen LogP contribution in [0.5, 0.6) is 5.75 Å². The maximum absolute atomic E-state index is 13.2. The SMILES string of the molecule is Cc1oc2ccc(OCc3ccccc3)cc2c1C(=O)N[C@@H]1CCCN(C2COC2)C1. The summed E-state index contributed by atoms with van der Waals surface area (Å²) in [5.41, 5.74) is 2.40. The number of benzene rings is 2. The Hall–Kier alpha value is -2.83. The van der Waals surface area contributed by atoms with Gasteiger partial charge in [-0.05, 0) is 50.1 Å². The van der Waals surface area contributed by atoms with Gasteiger partial charge in [0.1, 0.15) is 23.7 Å². The number of carbonyl (C=O) groups excluding carboxylic acids is 1. The summed E-state index contributed by atoms with van der Waals surface area (Å²) in [7, 11) is 0. The van der Waals surface area contributed by atoms with Gasteiger partial charge in [0, 0.05) is 18.0 Å². The first-order valence-electron chi connectivity index (χ1n) is 11.0. The lowest BCUT2D eigenvalue weighted by atomic mass is 10.0. The van der Waals surface area contributed by atoms with Crippen LogP contribution in [0.25, 0.3) is 11.0 Å². The van der Waals surface area contributed by atoms with E-state index in [0.29, 0.717) is 29.6 Å². The molecule has 0 unspecified atom stereocenters. The maximum atomic E-state index is 13.2. The number of ether oxygens (including phenoxy) is 2. The van der Waals surface area contributed by atoms with Crippen LogP contribution in [-0.2, 0) is 11.3 Å². The second-order valence-corrected chi connectivity index (χ2v) is 8.46. The Kier molecular flexibility index (Phi) is 5.66. The van der Waals surface area contributed by atoms with E-state index in [1.807, 2.05) is 55.5 Å². The molecule has 3 heterocycles. The summed E-state index contributed by atoms with van der Waals surface area (Å²) in [6.07, 6.45) is 2.08. The van der Waals surface area contributed by atoms with Gasteiger partial charge in [-0.1, -0.05) is 30.3 Å². The van der Waals surface area contributed by atoms with Gasteiger partial charge in [0.05, 0.1) is 24.8 Å². The maximum Gasteiger partial charge on any atom is 0.255 e. The number of nitrogens with zero attached hydrogens (tertiary/aromatic N) is 1. The highest BCUT2D eigenvalue weighted by atomic mass is 16.5. The van der Waals surface area contributed by atoms with Gasteiger partial charge < -0.3 is 19.2 Å². The molecule has 1 atom stereocenters. The number of furan rings is 1. The van der Waals surface area contributed by atoms with Gasteiger partial charge in [0.25, 0.3) is 5.91 Å². The van der Waals surface area contributed by atoms with Crippen LogP contribution in [-0.4, -0.2) is 49.2 Å². The summed E-state index contributed by atoms with van der Waals surface area (Å²) >= 11 is 0. The molecular formula is C25H28N2O4. The topological polar surface area (TPSA) is 63.9 Å². The Morgan fingerprint density at radius 3 is 2.81 bits per heavy atom. The molecule has 2 aromatic carbocycles. The second-order valence-electron chi connectivity index (χ2n) is 8.46. The Morgan fingerprint density at radius 2 is 2.03 bits per heavy atom. The van der Waals surface area contributed by atoms with Gasteiger partial charge in [-0.3, -0.25) is 9.69 Å². The zero-order chi connectivity index (χ0) is 21.2. The third-order valence-electron chi connectivity index (χ3n) is 6.24. The number of hydrogen-bond acceptors (Lipinski definition) is 5. The summed E-state index contributed by atoms with van der Waals surface area (Å²) in [6.45, 7) is 5.89. The minimum Gasteiger partial charge on any atom is -0.489 e. The normalized spacial score (nSPS) is 19.8. The van der Waals surface area contributed by atoms with Crippen molar-refractivity contribution in [1.82, 2.24) is 10.2 Å². The van der Waals surface area contributed by atoms with Gasteiger partial charge in [-0.2, -0.15) is 0 Å². The molecule has 5 rings (SSSR count). The standard InChI is InChI=1S/C25H28N2O4/c1-17-24(25(28)26-19-8-5-11-27(13-19)20-15-29-16-20)22-12-21(9-10-23(22)31-17)30-14-18-6-3-2-4-7-18/h2-4,6-7,9-10,12,19-20H,5,8,11,13-16H2,1H3,(H,26,28)/t19-/m1/s1. The summed E-state index contributed by atoms with van der Waals surface area (Å²) < 4.78 is 17.2. The van der Waals surface area contributed by atoms with Gasteiger partial charge in [0.2, 0.25) is 0 Å². The molecule has 1 aromatic heterocycles. The van der Waals surface area contributed by atoms with Crippen LogP contribution in [0.15, 0.2) is 52.9 Å². The first kappa shape index (κ1) is 20.1. The predicted molar refractivity (Wildman–Crippen MR) is 118 cm³/mol. The predicted octanol–water partition coefficient (Wildman–Crippen LogP) is 3.91. The number of nitrogens with one attached hydrogen (secondary N) is 1. The van der Waals surface area contributed by atoms with Gasteiger partial charge in [-0.15, -0.1) is 0 Å². The zero-order valence-electron chi connectivity index (χ0n) is 17.8. The molecule has 0 radical (unpaired) electrons. The van der Waals surface area contributed by atoms with Crippen LogP contribution >= 0.6 is 0 Å². The average molecular weight is 421 g/mol. The van der Waals surface area contributed by atoms with E-state index in [1.54, 1.807) is 0 Å². The summed E-state index contributed by atoms with van der Waals surface area (Å²) in [5.74, 6) is 1.28. The van der Waals surface area contributed by atoms with Crippen molar-refractivity contribution in [3.63, 3.8) is 0 Å². The molecule has 3 aromatic rings. The molecule has 0 bridgehead atoms. The molecular weight excluding hydrogens is 392 g/mol. The smallest absolute Gasteiger partial charge is 0.255 e. The molecule has 2 aliphatic heterocycles. The summed E-state index contributed by atoms with van der Waals surface area (Å²) in [5, 5.41) is 4.03. The van der Waals surface area contributed by atoms with Crippen molar-refractivity contribution in [2.45, 2.75) is 38.5 Å². The van der Waals surface area contributed by atoms with E-state index < -0.39 is 0 Å². The van der Waals surface area contributed by atoms with Crippen molar-refractivity contribution >= 4 is 16.9 Å². The van der Waals surface area contributed by atoms with Crippen LogP contribution < -0.4 is 10.1 Å². The lowest BCUT2D eigenvalue weighted by molar-refractivity contribution is -0.0728. The highest BCUT2D eigenvalue weighted by Gasteiger charge is 2.31. The number of piperidine rings is 1. The van der Waals surface area contributed by atoms with Gasteiger partial charge >= 0.3 is 0 Å². The Labute approximate surface area is 182 Å². The molecule has 162 valence electrons. The molecule has 0 saturated carbocycles. The second kappa shape index (κ2) is 8.73. The molecule has 0 spiro atoms. The van der Waals surface area contributed by atoms with Crippen molar-refractivity contribution in [2.24, 2.45) is 0 Å². The quantitative estimate of drug-likeness (QED) is 0.655. The highest BCUT2D eigenvalue weighted by Crippen LogP contribution is 2.30. The van der Waals surface area contributed by atoms with E-state index >= 15 is 0 Å². The molecule has 31 heavy (non-hydrogen) atoms. The molecule has 1 N–H and O–H groups in total. The number of amides is 1. The van der Waals surface area contributed by atoms with Crippen LogP contribution in [0.4, 0.5) is 0 Å². The number of carbonyl (C=O) groups is 1. The monoisotopic (exact) mass is 420 g/mol. The van der Waals surface area contributed by atoms with E-state index in [0.717, 1.165) is 55.8 Å². The van der Waals surface area contributed by atoms with Crippen molar-refractivity contribution < 1.29 is 18.7 Å². The van der Waals surface area contributed by atoms with Crippen LogP contribution in [0.2, 0.25) is 0 Å². The van der Waals surface area contributed by atoms with E-state index in [4.69, 9.17) is 13.9 Å². The fourth-order valence-corrected chi connectivity index (χ4v) is 4.46. The van der Waals surface area contributed by atoms with E-state index in [1.165, 1.54) is 0 Å². The Balaban J connectivity index is 1.31. The van der Waals surface area contributed by atoms with Gasteiger partial charge in [-0.25, -0.2) is 0 Å². The van der Waals surface area contributed by atoms with Crippen LogP contribution in [0.1, 0.15) is 34.5 Å². The van der Waals surface area contributed by atoms with Gasteiger partial charge in [0.15, 0.2) is 0 Å². The van der Waals surface area contributed by atoms with Crippen LogP contribution in [0, 0.1) is 6.92 Å². The highest BCUT2D eigenvalue weighted by molar-refractivity contribution is 6.07. The van der Waals surface area contributed by atoms with Crippen molar-refractivity contribution in [3.05, 3.63) is 65.4 Å². The molecule has 6 heteroatoms. The minimum atomic E-state index is -0.0758. The van der Waals surface area contributed by atoms with Crippen LogP contribution in [0.3, 0.4) is 0 Å². The molecule has 2 fully saturated rings. The minimum absolute atomic E-state index is 0.0758. The molecule has 2 saturated heterocycles. The number of hydrogen-bond donors (Lipinski definition) is 1. The number of rotatable bonds is 6. The molecule has 0 aliphatic carbocycles. The Morgan fingerprint density at radius 1 is 1.19 bits per heavy atom. The first-order chi connectivity index (χ1) is 15.2. The van der Waals surface area contributed by atoms with Crippen molar-refractivity contribution in [1.29, 1.82) is 0 Å². The van der Waals surface area contributed by atoms with Crippen molar-refractivity contribution in [2.75, 3.05) is 26.3 Å². The van der Waals surface area contributed by atoms with E-state index in [-0.39, 0.29) is 11.9 Å². The van der Waals surface area contributed by atoms with E-state index in [2.05, 4.69) is 10.2 Å². The number of fused-ring (bicyclic) bond motifs is 1. The fraction of sp³-hybridized carbons (Fsp3) is 0.400. The lowest BCUT2D eigenvalue weighted by Gasteiger charge is -2.42. The summed E-state index contributed by atoms with van der Waals surface area (Å²) in [4.78, 5) is 15.6. The first-order valence-corrected chi connectivity index (χ1v) is 11.0. The number of likely N-dealkylation sites (tertiary alicyclic amines) is 1. The summed E-state index contributed by atoms with van der Waals surface area (Å²) in [6, 6.07) is 16.3. The molecule has 6 nitrogen and oxygen atoms in total. The third kappa shape index (κ3) is 4.31. The number of aryl methyl sites for hydroxylation is 1. The zero-order valence-corrected chi connectivity index (χ0v) is 17.8. The Bertz CT molecular complexity index is 1060. The lowest BCUT2D eigenvalue weighted by Crippen LogP contribution is -2.56. The molecule has 2 aliphatic rings. The largest absolute Gasteiger partial charge is 0.489 e. The van der Waals surface area contributed by atoms with E-state index in [9.17, 15) is 4.79 Å².